The van der Waals surface area contributed by atoms with Crippen molar-refractivity contribution in [3.63, 3.8) is 0 Å². The smallest absolute Gasteiger partial charge is 0.258 e. The molecular formula is C28H35ClFN3O3S. The van der Waals surface area contributed by atoms with E-state index in [-0.39, 0.29) is 51.4 Å². The second kappa shape index (κ2) is 10.6. The van der Waals surface area contributed by atoms with E-state index < -0.39 is 11.2 Å². The summed E-state index contributed by atoms with van der Waals surface area (Å²) in [6.45, 7) is -0.215. The van der Waals surface area contributed by atoms with E-state index in [1.54, 1.807) is 11.8 Å². The van der Waals surface area contributed by atoms with Gasteiger partial charge in [-0.05, 0) is 62.3 Å². The molecule has 9 heteroatoms. The Bertz CT molecular complexity index is 1070. The van der Waals surface area contributed by atoms with Crippen LogP contribution in [-0.4, -0.2) is 40.5 Å². The predicted molar refractivity (Wildman–Crippen MR) is 142 cm³/mol. The Labute approximate surface area is 227 Å². The van der Waals surface area contributed by atoms with Crippen LogP contribution in [-0.2, 0) is 9.59 Å². The summed E-state index contributed by atoms with van der Waals surface area (Å²) in [4.78, 5) is 26.0. The number of hydrogen-bond acceptors (Lipinski definition) is 5. The number of thioether (sulfide) groups is 1. The minimum absolute atomic E-state index is 0.00108. The van der Waals surface area contributed by atoms with Crippen LogP contribution in [0.4, 0.5) is 4.39 Å². The van der Waals surface area contributed by atoms with Crippen molar-refractivity contribution in [3.8, 4) is 11.8 Å². The van der Waals surface area contributed by atoms with Crippen molar-refractivity contribution in [1.29, 1.82) is 5.26 Å². The van der Waals surface area contributed by atoms with E-state index in [0.29, 0.717) is 19.3 Å². The van der Waals surface area contributed by atoms with Gasteiger partial charge < -0.3 is 15.4 Å². The first-order valence-electron chi connectivity index (χ1n) is 13.5. The van der Waals surface area contributed by atoms with Gasteiger partial charge in [0.05, 0.1) is 16.5 Å². The highest BCUT2D eigenvalue weighted by Crippen LogP contribution is 2.61. The molecule has 2 atom stereocenters. The van der Waals surface area contributed by atoms with Gasteiger partial charge in [-0.3, -0.25) is 9.59 Å². The van der Waals surface area contributed by atoms with Crippen LogP contribution in [0.2, 0.25) is 5.02 Å². The molecule has 1 heterocycles. The van der Waals surface area contributed by atoms with Crippen molar-refractivity contribution in [2.24, 2.45) is 11.3 Å². The maximum atomic E-state index is 13.6. The maximum Gasteiger partial charge on any atom is 0.258 e. The van der Waals surface area contributed by atoms with Crippen molar-refractivity contribution in [3.05, 3.63) is 29.0 Å². The fourth-order valence-corrected chi connectivity index (χ4v) is 8.81. The van der Waals surface area contributed by atoms with E-state index in [4.69, 9.17) is 16.3 Å². The lowest BCUT2D eigenvalue weighted by Crippen LogP contribution is -2.84. The Balaban J connectivity index is 1.13. The Kier molecular flexibility index (Phi) is 7.66. The van der Waals surface area contributed by atoms with E-state index in [2.05, 4.69) is 16.7 Å². The summed E-state index contributed by atoms with van der Waals surface area (Å²) in [7, 11) is 0. The molecule has 5 fully saturated rings. The molecule has 0 spiro atoms. The quantitative estimate of drug-likeness (QED) is 0.468. The molecule has 0 radical (unpaired) electrons. The molecular weight excluding hydrogens is 513 g/mol. The molecule has 6 nitrogen and oxygen atoms in total. The molecule has 1 aliphatic heterocycles. The zero-order valence-electron chi connectivity index (χ0n) is 21.1. The highest BCUT2D eigenvalue weighted by molar-refractivity contribution is 8.00. The number of nitrogens with zero attached hydrogens (tertiary/aromatic N) is 1. The summed E-state index contributed by atoms with van der Waals surface area (Å²) < 4.78 is 19.0. The van der Waals surface area contributed by atoms with Crippen molar-refractivity contribution in [2.75, 3.05) is 12.4 Å². The number of amides is 2. The van der Waals surface area contributed by atoms with Crippen LogP contribution >= 0.6 is 23.4 Å². The molecule has 200 valence electrons. The van der Waals surface area contributed by atoms with Crippen LogP contribution in [0.25, 0.3) is 0 Å². The average molecular weight is 548 g/mol. The molecule has 0 aromatic heterocycles. The normalized spacial score (nSPS) is 33.5. The van der Waals surface area contributed by atoms with Gasteiger partial charge in [-0.2, -0.15) is 5.26 Å². The number of carbonyl (C=O) groups is 2. The molecule has 2 N–H and O–H groups in total. The van der Waals surface area contributed by atoms with Gasteiger partial charge in [0.15, 0.2) is 6.61 Å². The summed E-state index contributed by atoms with van der Waals surface area (Å²) in [5.41, 5.74) is -1.17. The van der Waals surface area contributed by atoms with E-state index in [1.807, 2.05) is 0 Å². The molecule has 1 aromatic carbocycles. The second-order valence-corrected chi connectivity index (χ2v) is 13.2. The number of benzene rings is 1. The van der Waals surface area contributed by atoms with Gasteiger partial charge in [0.1, 0.15) is 16.8 Å². The minimum atomic E-state index is -0.595. The third-order valence-electron chi connectivity index (χ3n) is 8.88. The van der Waals surface area contributed by atoms with Crippen LogP contribution < -0.4 is 15.4 Å². The molecule has 6 rings (SSSR count). The van der Waals surface area contributed by atoms with Crippen molar-refractivity contribution in [1.82, 2.24) is 10.6 Å². The number of halogens is 2. The van der Waals surface area contributed by atoms with E-state index in [0.717, 1.165) is 43.9 Å². The van der Waals surface area contributed by atoms with E-state index in [1.165, 1.54) is 37.8 Å². The van der Waals surface area contributed by atoms with Crippen LogP contribution in [0.5, 0.6) is 5.75 Å². The molecule has 5 aliphatic rings. The van der Waals surface area contributed by atoms with Crippen LogP contribution in [0.1, 0.15) is 77.0 Å². The molecule has 1 saturated heterocycles. The van der Waals surface area contributed by atoms with Crippen LogP contribution in [0.3, 0.4) is 0 Å². The molecule has 2 unspecified atom stereocenters. The maximum absolute atomic E-state index is 13.6. The molecule has 4 aliphatic carbocycles. The number of hydrogen-bond donors (Lipinski definition) is 2. The topological polar surface area (TPSA) is 91.2 Å². The first kappa shape index (κ1) is 26.6. The third kappa shape index (κ3) is 5.31. The van der Waals surface area contributed by atoms with Gasteiger partial charge in [-0.25, -0.2) is 4.39 Å². The second-order valence-electron chi connectivity index (χ2n) is 11.5. The van der Waals surface area contributed by atoms with Gasteiger partial charge in [-0.1, -0.05) is 50.1 Å². The first-order chi connectivity index (χ1) is 17.8. The number of nitriles is 1. The molecule has 2 bridgehead atoms. The third-order valence-corrected chi connectivity index (χ3v) is 10.6. The first-order valence-corrected chi connectivity index (χ1v) is 15.0. The monoisotopic (exact) mass is 547 g/mol. The van der Waals surface area contributed by atoms with Crippen LogP contribution in [0, 0.1) is 28.5 Å². The minimum Gasteiger partial charge on any atom is -0.484 e. The van der Waals surface area contributed by atoms with Crippen molar-refractivity contribution in [2.45, 2.75) is 93.4 Å². The number of rotatable bonds is 7. The zero-order valence-corrected chi connectivity index (χ0v) is 22.7. The lowest BCUT2D eigenvalue weighted by Gasteiger charge is -2.70. The van der Waals surface area contributed by atoms with Crippen molar-refractivity contribution >= 4 is 35.2 Å². The van der Waals surface area contributed by atoms with Crippen molar-refractivity contribution < 1.29 is 18.7 Å². The fraction of sp³-hybridized carbons (Fsp3) is 0.679. The average Bonchev–Trinajstić information content (AvgIpc) is 3.32. The van der Waals surface area contributed by atoms with E-state index in [9.17, 15) is 19.2 Å². The number of ether oxygens (including phenoxy) is 1. The largest absolute Gasteiger partial charge is 0.484 e. The zero-order chi connectivity index (χ0) is 26.1. The summed E-state index contributed by atoms with van der Waals surface area (Å²) in [6.07, 6.45) is 12.2. The number of carbonyl (C=O) groups excluding carboxylic acids is 2. The summed E-state index contributed by atoms with van der Waals surface area (Å²) in [5.74, 6) is 0.513. The van der Waals surface area contributed by atoms with Gasteiger partial charge in [-0.15, -0.1) is 11.8 Å². The fourth-order valence-electron chi connectivity index (χ4n) is 7.13. The summed E-state index contributed by atoms with van der Waals surface area (Å²) in [6, 6.07) is 6.73. The van der Waals surface area contributed by atoms with E-state index >= 15 is 0 Å². The molecule has 1 aromatic rings. The van der Waals surface area contributed by atoms with Gasteiger partial charge >= 0.3 is 0 Å². The Hall–Kier alpha value is -1.98. The Morgan fingerprint density at radius 1 is 1.08 bits per heavy atom. The summed E-state index contributed by atoms with van der Waals surface area (Å²) >= 11 is 7.32. The predicted octanol–water partition coefficient (Wildman–Crippen LogP) is 5.53. The standard InChI is InChI=1S/C28H35ClFN3O3S/c29-21-10-9-20(13-22(21)30)36-14-23(34)32-26-15-27(16-26,17-26)33-25(35)24-28(18-31,11-12-37-24)19-7-5-3-1-2-4-6-8-19/h9-10,13,19,24H,1-8,11-12,14-17H2,(H,32,34)(H,33,35). The summed E-state index contributed by atoms with van der Waals surface area (Å²) in [5, 5.41) is 16.4. The Morgan fingerprint density at radius 2 is 1.73 bits per heavy atom. The Morgan fingerprint density at radius 3 is 2.38 bits per heavy atom. The molecule has 37 heavy (non-hydrogen) atoms. The highest BCUT2D eigenvalue weighted by atomic mass is 35.5. The lowest BCUT2D eigenvalue weighted by molar-refractivity contribution is -0.151. The van der Waals surface area contributed by atoms with Gasteiger partial charge in [0.25, 0.3) is 5.91 Å². The lowest BCUT2D eigenvalue weighted by atomic mass is 9.44. The highest BCUT2D eigenvalue weighted by Gasteiger charge is 2.70. The van der Waals surface area contributed by atoms with Gasteiger partial charge in [0.2, 0.25) is 5.91 Å². The molecule has 2 amide bonds. The number of nitrogens with one attached hydrogen (secondary N) is 2. The SMILES string of the molecule is N#CC1(C2CCCCCCCC2)CCSC1C(=O)NC12CC(NC(=O)COc3ccc(Cl)c(F)c3)(C1)C2. The van der Waals surface area contributed by atoms with Crippen LogP contribution in [0.15, 0.2) is 18.2 Å². The molecule has 4 saturated carbocycles. The van der Waals surface area contributed by atoms with Gasteiger partial charge in [0, 0.05) is 17.1 Å².